The van der Waals surface area contributed by atoms with Crippen molar-refractivity contribution >= 4 is 23.2 Å². The van der Waals surface area contributed by atoms with Crippen molar-refractivity contribution in [3.05, 3.63) is 129 Å². The molecule has 0 amide bonds. The van der Waals surface area contributed by atoms with Crippen LogP contribution in [0.4, 0.5) is 0 Å². The summed E-state index contributed by atoms with van der Waals surface area (Å²) in [4.78, 5) is 0. The molecule has 0 saturated carbocycles. The van der Waals surface area contributed by atoms with Crippen molar-refractivity contribution in [3.63, 3.8) is 0 Å². The van der Waals surface area contributed by atoms with Gasteiger partial charge in [0, 0.05) is 45.4 Å². The third kappa shape index (κ3) is 2.83. The Morgan fingerprint density at radius 1 is 0.531 bits per heavy atom. The van der Waals surface area contributed by atoms with E-state index in [9.17, 15) is 0 Å². The maximum absolute atomic E-state index is 6.53. The van der Waals surface area contributed by atoms with Crippen LogP contribution < -0.4 is 43.1 Å². The molecule has 6 heteroatoms. The number of halogens is 4. The first-order valence-electron chi connectivity index (χ1n) is 10.3. The van der Waals surface area contributed by atoms with Crippen LogP contribution in [0.3, 0.4) is 0 Å². The summed E-state index contributed by atoms with van der Waals surface area (Å²) in [5, 5.41) is 1.59. The molecule has 32 heavy (non-hydrogen) atoms. The average molecular weight is 589 g/mol. The van der Waals surface area contributed by atoms with Gasteiger partial charge in [-0.3, -0.25) is 0 Å². The first kappa shape index (κ1) is 22.1. The van der Waals surface area contributed by atoms with Crippen LogP contribution in [-0.2, 0) is 0 Å². The van der Waals surface area contributed by atoms with Gasteiger partial charge in [-0.1, -0.05) is 47.5 Å². The van der Waals surface area contributed by atoms with Gasteiger partial charge in [-0.25, -0.2) is 0 Å². The number of benzene rings is 2. The lowest BCUT2D eigenvalue weighted by molar-refractivity contribution is -0.817. The van der Waals surface area contributed by atoms with Gasteiger partial charge >= 0.3 is 0 Å². The first-order chi connectivity index (χ1) is 14.7. The highest BCUT2D eigenvalue weighted by Crippen LogP contribution is 2.55. The zero-order valence-electron chi connectivity index (χ0n) is 16.8. The molecular formula is C26H18Br2Cl2N2. The molecule has 4 bridgehead atoms. The highest BCUT2D eigenvalue weighted by Gasteiger charge is 2.58. The Labute approximate surface area is 218 Å². The van der Waals surface area contributed by atoms with E-state index in [2.05, 4.69) is 82.2 Å². The van der Waals surface area contributed by atoms with E-state index in [4.69, 9.17) is 23.2 Å². The van der Waals surface area contributed by atoms with E-state index in [1.807, 2.05) is 12.1 Å². The fourth-order valence-electron chi connectivity index (χ4n) is 6.10. The van der Waals surface area contributed by atoms with Gasteiger partial charge in [-0.15, -0.1) is 0 Å². The Morgan fingerprint density at radius 2 is 0.969 bits per heavy atom. The fraction of sp³-hybridized carbons (Fsp3) is 0.154. The second-order valence-corrected chi connectivity index (χ2v) is 9.33. The zero-order chi connectivity index (χ0) is 20.0. The second-order valence-electron chi connectivity index (χ2n) is 8.46. The van der Waals surface area contributed by atoms with E-state index < -0.39 is 0 Å². The summed E-state index contributed by atoms with van der Waals surface area (Å²) in [6, 6.07) is 26.3. The molecule has 4 atom stereocenters. The highest BCUT2D eigenvalue weighted by molar-refractivity contribution is 6.31. The zero-order valence-corrected chi connectivity index (χ0v) is 21.5. The average Bonchev–Trinajstić information content (AvgIpc) is 2.75. The number of rotatable bonds is 0. The number of hydrogen-bond donors (Lipinski definition) is 0. The molecule has 0 radical (unpaired) electrons. The third-order valence-electron chi connectivity index (χ3n) is 7.12. The largest absolute Gasteiger partial charge is 1.00 e. The van der Waals surface area contributed by atoms with Crippen molar-refractivity contribution < 1.29 is 43.1 Å². The normalized spacial score (nSPS) is 22.8. The van der Waals surface area contributed by atoms with E-state index in [0.29, 0.717) is 0 Å². The molecule has 2 aromatic heterocycles. The maximum Gasteiger partial charge on any atom is 0.249 e. The molecule has 4 aromatic rings. The maximum atomic E-state index is 6.53. The molecule has 10 rings (SSSR count). The summed E-state index contributed by atoms with van der Waals surface area (Å²) in [5.41, 5.74) is 8.10. The van der Waals surface area contributed by atoms with Crippen molar-refractivity contribution in [1.82, 2.24) is 0 Å². The Bertz CT molecular complexity index is 1270. The molecule has 0 saturated heterocycles. The molecule has 0 N–H and O–H groups in total. The summed E-state index contributed by atoms with van der Waals surface area (Å²) >= 11 is 13.1. The lowest BCUT2D eigenvalue weighted by Gasteiger charge is -2.42. The number of nitrogens with zero attached hydrogens (tertiary/aromatic N) is 2. The van der Waals surface area contributed by atoms with Gasteiger partial charge in [0.15, 0.2) is 23.8 Å². The van der Waals surface area contributed by atoms with E-state index in [-0.39, 0.29) is 57.9 Å². The van der Waals surface area contributed by atoms with Crippen molar-refractivity contribution in [1.29, 1.82) is 0 Å². The monoisotopic (exact) mass is 586 g/mol. The summed E-state index contributed by atoms with van der Waals surface area (Å²) in [6.45, 7) is 0. The van der Waals surface area contributed by atoms with Crippen molar-refractivity contribution in [2.24, 2.45) is 0 Å². The highest BCUT2D eigenvalue weighted by atomic mass is 79.9. The molecule has 2 nitrogen and oxygen atoms in total. The smallest absolute Gasteiger partial charge is 0.249 e. The van der Waals surface area contributed by atoms with Gasteiger partial charge in [0.2, 0.25) is 12.1 Å². The van der Waals surface area contributed by atoms with Gasteiger partial charge in [-0.05, 0) is 35.4 Å². The fourth-order valence-corrected chi connectivity index (χ4v) is 6.47. The standard InChI is InChI=1S/C26H18Cl2N2.2BrH/c27-15-7-9-17-19(13-15)23-21-5-1-3-11-29(21)25(17)26-18-10-8-16(28)14-20(18)24(23)22-6-2-4-12-30(22)26;;/h1-14,23-26H;2*1H/q+2;;/p-2/t23-,24+,25-,26+;;. The minimum absolute atomic E-state index is 0. The van der Waals surface area contributed by atoms with Gasteiger partial charge in [0.05, 0.1) is 11.8 Å². The van der Waals surface area contributed by atoms with Crippen LogP contribution in [0.15, 0.2) is 85.2 Å². The molecule has 2 aromatic carbocycles. The molecular weight excluding hydrogens is 571 g/mol. The Balaban J connectivity index is 0.00000108. The summed E-state index contributed by atoms with van der Waals surface area (Å²) in [5.74, 6) is 0.339. The van der Waals surface area contributed by atoms with Crippen LogP contribution in [-0.4, -0.2) is 0 Å². The van der Waals surface area contributed by atoms with Crippen molar-refractivity contribution in [3.8, 4) is 0 Å². The van der Waals surface area contributed by atoms with Gasteiger partial charge in [-0.2, -0.15) is 9.13 Å². The summed E-state index contributed by atoms with van der Waals surface area (Å²) in [7, 11) is 0. The molecule has 0 fully saturated rings. The molecule has 160 valence electrons. The lowest BCUT2D eigenvalue weighted by Crippen LogP contribution is -3.00. The first-order valence-corrected chi connectivity index (χ1v) is 11.1. The molecule has 5 aliphatic heterocycles. The molecule has 1 aliphatic carbocycles. The van der Waals surface area contributed by atoms with Crippen LogP contribution in [0.5, 0.6) is 0 Å². The van der Waals surface area contributed by atoms with E-state index in [0.717, 1.165) is 10.0 Å². The van der Waals surface area contributed by atoms with Gasteiger partial charge < -0.3 is 34.0 Å². The Kier molecular flexibility index (Phi) is 5.49. The van der Waals surface area contributed by atoms with Gasteiger partial charge in [0.25, 0.3) is 0 Å². The Morgan fingerprint density at radius 3 is 1.41 bits per heavy atom. The number of aromatic nitrogens is 2. The molecule has 0 spiro atoms. The minimum Gasteiger partial charge on any atom is -1.00 e. The molecule has 6 aliphatic rings. The SMILES string of the molecule is Clc1ccc2c(c1)[C@@H]1c3cccc[n+]3[C@H]2[C@@H]2c3ccc(Cl)cc3[C@H]1c1cccc[n+]12.[Br-].[Br-]. The topological polar surface area (TPSA) is 7.76 Å². The molecule has 7 heterocycles. The Hall–Kier alpha value is -1.72. The third-order valence-corrected chi connectivity index (χ3v) is 7.59. The predicted octanol–water partition coefficient (Wildman–Crippen LogP) is -0.640. The van der Waals surface area contributed by atoms with Gasteiger partial charge in [0.1, 0.15) is 0 Å². The lowest BCUT2D eigenvalue weighted by atomic mass is 9.65. The van der Waals surface area contributed by atoms with E-state index >= 15 is 0 Å². The molecule has 0 unspecified atom stereocenters. The summed E-state index contributed by atoms with van der Waals surface area (Å²) < 4.78 is 4.97. The van der Waals surface area contributed by atoms with Crippen LogP contribution >= 0.6 is 23.2 Å². The van der Waals surface area contributed by atoms with Crippen LogP contribution in [0, 0.1) is 0 Å². The number of pyridine rings is 2. The van der Waals surface area contributed by atoms with Crippen LogP contribution in [0.2, 0.25) is 10.0 Å². The summed E-state index contributed by atoms with van der Waals surface area (Å²) in [6.07, 6.45) is 4.48. The van der Waals surface area contributed by atoms with Crippen molar-refractivity contribution in [2.75, 3.05) is 0 Å². The van der Waals surface area contributed by atoms with E-state index in [1.54, 1.807) is 0 Å². The van der Waals surface area contributed by atoms with Crippen molar-refractivity contribution in [2.45, 2.75) is 23.9 Å². The number of hydrogen-bond acceptors (Lipinski definition) is 0. The second kappa shape index (κ2) is 7.95. The quantitative estimate of drug-likeness (QED) is 0.242. The van der Waals surface area contributed by atoms with Crippen LogP contribution in [0.25, 0.3) is 0 Å². The predicted molar refractivity (Wildman–Crippen MR) is 116 cm³/mol. The van der Waals surface area contributed by atoms with E-state index in [1.165, 1.54) is 33.6 Å². The van der Waals surface area contributed by atoms with Crippen LogP contribution in [0.1, 0.15) is 57.6 Å². The minimum atomic E-state index is 0.